The van der Waals surface area contributed by atoms with Gasteiger partial charge in [-0.25, -0.2) is 0 Å². The maximum absolute atomic E-state index is 7.47. The van der Waals surface area contributed by atoms with Gasteiger partial charge in [0.25, 0.3) is 6.71 Å². The van der Waals surface area contributed by atoms with Crippen molar-refractivity contribution in [1.29, 1.82) is 0 Å². The summed E-state index contributed by atoms with van der Waals surface area (Å²) < 4.78 is 14.8. The number of benzene rings is 8. The molecule has 5 heteroatoms. The number of aryl methyl sites for hydroxylation is 2. The van der Waals surface area contributed by atoms with E-state index in [2.05, 4.69) is 240 Å². The quantitative estimate of drug-likeness (QED) is 0.149. The Balaban J connectivity index is 1.07. The molecule has 4 heterocycles. The van der Waals surface area contributed by atoms with Crippen LogP contribution in [-0.4, -0.2) is 12.3 Å². The second-order valence-corrected chi connectivity index (χ2v) is 21.9. The Morgan fingerprint density at radius 2 is 1.07 bits per heavy atom. The van der Waals surface area contributed by atoms with E-state index in [0.29, 0.717) is 0 Å². The molecule has 2 unspecified atom stereocenters. The van der Waals surface area contributed by atoms with Crippen molar-refractivity contribution >= 4 is 68.4 Å². The molecule has 1 fully saturated rings. The first-order chi connectivity index (χ1) is 33.9. The molecule has 4 nitrogen and oxygen atoms in total. The Labute approximate surface area is 413 Å². The predicted molar refractivity (Wildman–Crippen MR) is 292 cm³/mol. The van der Waals surface area contributed by atoms with Crippen molar-refractivity contribution in [3.63, 3.8) is 0 Å². The largest absolute Gasteiger partial charge is 0.486 e. The van der Waals surface area contributed by atoms with E-state index >= 15 is 0 Å². The third-order valence-electron chi connectivity index (χ3n) is 17.2. The number of hydrogen-bond donors (Lipinski definition) is 0. The second kappa shape index (κ2) is 15.4. The highest BCUT2D eigenvalue weighted by Crippen LogP contribution is 2.61. The van der Waals surface area contributed by atoms with Crippen molar-refractivity contribution in [3.05, 3.63) is 226 Å². The van der Waals surface area contributed by atoms with E-state index in [1.807, 2.05) is 0 Å². The van der Waals surface area contributed by atoms with Crippen molar-refractivity contribution in [2.75, 3.05) is 9.80 Å². The molecule has 0 saturated heterocycles. The van der Waals surface area contributed by atoms with Crippen LogP contribution in [0.2, 0.25) is 0 Å². The zero-order valence-electron chi connectivity index (χ0n) is 41.4. The molecule has 0 N–H and O–H groups in total. The van der Waals surface area contributed by atoms with Gasteiger partial charge in [0.2, 0.25) is 0 Å². The fourth-order valence-corrected chi connectivity index (χ4v) is 13.3. The molecule has 8 aromatic carbocycles. The van der Waals surface area contributed by atoms with E-state index in [1.54, 1.807) is 0 Å². The lowest BCUT2D eigenvalue weighted by molar-refractivity contribution is 0.0178. The third kappa shape index (κ3) is 6.09. The molecule has 13 rings (SSSR count). The van der Waals surface area contributed by atoms with E-state index in [0.717, 1.165) is 65.1 Å². The van der Waals surface area contributed by atoms with Gasteiger partial charge in [0.1, 0.15) is 16.9 Å². The summed E-state index contributed by atoms with van der Waals surface area (Å²) in [4.78, 5) is 5.07. The Kier molecular flexibility index (Phi) is 9.41. The van der Waals surface area contributed by atoms with Crippen LogP contribution in [0.5, 0.6) is 5.75 Å². The summed E-state index contributed by atoms with van der Waals surface area (Å²) >= 11 is 0. The highest BCUT2D eigenvalue weighted by molar-refractivity contribution is 7.00. The fourth-order valence-electron chi connectivity index (χ4n) is 13.3. The van der Waals surface area contributed by atoms with Crippen LogP contribution in [0.15, 0.2) is 186 Å². The molecule has 3 aliphatic heterocycles. The minimum atomic E-state index is -0.393. The normalized spacial score (nSPS) is 19.0. The molecule has 1 aromatic heterocycles. The van der Waals surface area contributed by atoms with Gasteiger partial charge in [0.05, 0.1) is 16.8 Å². The fraction of sp³-hybridized carbons (Fsp3) is 0.231. The molecule has 70 heavy (non-hydrogen) atoms. The van der Waals surface area contributed by atoms with Gasteiger partial charge in [-0.15, -0.1) is 0 Å². The lowest BCUT2D eigenvalue weighted by Crippen LogP contribution is -2.61. The zero-order chi connectivity index (χ0) is 47.7. The monoisotopic (exact) mass is 910 g/mol. The molecule has 1 aliphatic carbocycles. The van der Waals surface area contributed by atoms with Gasteiger partial charge in [-0.05, 0) is 145 Å². The average molecular weight is 911 g/mol. The summed E-state index contributed by atoms with van der Waals surface area (Å²) in [5, 5.41) is 1.12. The molecule has 0 radical (unpaired) electrons. The lowest BCUT2D eigenvalue weighted by Gasteiger charge is -2.47. The number of fused-ring (bicyclic) bond motifs is 9. The van der Waals surface area contributed by atoms with Crippen LogP contribution >= 0.6 is 0 Å². The number of anilines is 6. The van der Waals surface area contributed by atoms with Gasteiger partial charge >= 0.3 is 0 Å². The highest BCUT2D eigenvalue weighted by atomic mass is 16.5. The van der Waals surface area contributed by atoms with E-state index in [4.69, 9.17) is 9.15 Å². The van der Waals surface area contributed by atoms with E-state index in [-0.39, 0.29) is 23.0 Å². The summed E-state index contributed by atoms with van der Waals surface area (Å²) in [6, 6.07) is 68.1. The number of ether oxygens (including phenoxy) is 1. The van der Waals surface area contributed by atoms with Crippen molar-refractivity contribution in [1.82, 2.24) is 0 Å². The molecule has 0 bridgehead atoms. The minimum absolute atomic E-state index is 0.175. The van der Waals surface area contributed by atoms with Gasteiger partial charge in [0.15, 0.2) is 0 Å². The van der Waals surface area contributed by atoms with Crippen LogP contribution < -0.4 is 31.1 Å². The van der Waals surface area contributed by atoms with Crippen molar-refractivity contribution in [3.8, 4) is 5.75 Å². The van der Waals surface area contributed by atoms with Gasteiger partial charge in [-0.2, -0.15) is 0 Å². The maximum Gasteiger partial charge on any atom is 0.297 e. The summed E-state index contributed by atoms with van der Waals surface area (Å²) in [6.07, 6.45) is 4.34. The Hall–Kier alpha value is -7.24. The first-order valence-corrected chi connectivity index (χ1v) is 25.4. The lowest BCUT2D eigenvalue weighted by atomic mass is 9.35. The smallest absolute Gasteiger partial charge is 0.297 e. The first kappa shape index (κ1) is 42.8. The number of rotatable bonds is 7. The van der Waals surface area contributed by atoms with Crippen molar-refractivity contribution in [2.24, 2.45) is 0 Å². The Bertz CT molecular complexity index is 3510. The molecule has 4 aliphatic rings. The molecule has 0 spiro atoms. The molecule has 0 amide bonds. The molecule has 2 atom stereocenters. The summed E-state index contributed by atoms with van der Waals surface area (Å²) in [5.74, 6) is 0.997. The maximum atomic E-state index is 7.47. The standard InChI is InChI=1S/C65H59BN2O2/c1-42-25-34-57-51(37-42)60-61(69-57)66-53-41-58-52(65(48-23-15-10-16-24-48)36-18-17-35-64(65,7)70-58)40-54(53)67(49-30-26-46(27-31-49)62(3,4)44-19-11-8-12-20-44)55-38-43(2)39-56(59(55)66)68(60)50-32-28-47(29-33-50)63(5,6)45-21-13-9-14-22-45/h8-16,19-34,37-41H,17-18,35-36H2,1-7H3. The van der Waals surface area contributed by atoms with Crippen LogP contribution in [0.3, 0.4) is 0 Å². The predicted octanol–water partition coefficient (Wildman–Crippen LogP) is 14.8. The molecule has 1 saturated carbocycles. The minimum Gasteiger partial charge on any atom is -0.486 e. The van der Waals surface area contributed by atoms with Gasteiger partial charge in [-0.3, -0.25) is 0 Å². The van der Waals surface area contributed by atoms with Gasteiger partial charge in [-0.1, -0.05) is 161 Å². The van der Waals surface area contributed by atoms with Crippen LogP contribution in [0.1, 0.15) is 105 Å². The topological polar surface area (TPSA) is 28.9 Å². The van der Waals surface area contributed by atoms with Crippen molar-refractivity contribution < 1.29 is 9.15 Å². The third-order valence-corrected chi connectivity index (χ3v) is 17.2. The van der Waals surface area contributed by atoms with Crippen LogP contribution in [-0.2, 0) is 16.2 Å². The van der Waals surface area contributed by atoms with Crippen LogP contribution in [0.4, 0.5) is 34.1 Å². The summed E-state index contributed by atoms with van der Waals surface area (Å²) in [6.45, 7) is 15.9. The van der Waals surface area contributed by atoms with Gasteiger partial charge < -0.3 is 19.0 Å². The number of furan rings is 1. The summed E-state index contributed by atoms with van der Waals surface area (Å²) in [7, 11) is 0. The van der Waals surface area contributed by atoms with Crippen LogP contribution in [0.25, 0.3) is 11.0 Å². The summed E-state index contributed by atoms with van der Waals surface area (Å²) in [5.41, 5.74) is 20.3. The number of hydrogen-bond acceptors (Lipinski definition) is 4. The number of nitrogens with zero attached hydrogens (tertiary/aromatic N) is 2. The van der Waals surface area contributed by atoms with Crippen LogP contribution in [0, 0.1) is 13.8 Å². The average Bonchev–Trinajstić information content (AvgIpc) is 3.88. The van der Waals surface area contributed by atoms with Gasteiger partial charge in [0, 0.05) is 50.2 Å². The van der Waals surface area contributed by atoms with E-state index in [1.165, 1.54) is 72.5 Å². The Morgan fingerprint density at radius 3 is 1.69 bits per heavy atom. The molecule has 344 valence electrons. The van der Waals surface area contributed by atoms with E-state index < -0.39 is 5.60 Å². The zero-order valence-corrected chi connectivity index (χ0v) is 41.4. The highest BCUT2D eigenvalue weighted by Gasteiger charge is 2.60. The Morgan fingerprint density at radius 1 is 0.529 bits per heavy atom. The second-order valence-electron chi connectivity index (χ2n) is 21.9. The SMILES string of the molecule is Cc1cc2c3c(c1)N(c1ccc(C(C)(C)c4ccccc4)cc1)c1c(oc4ccc(C)cc14)B3c1cc3c(cc1N2c1ccc(C(C)(C)c2ccccc2)cc1)C1(c2ccccc2)CCCCC1(C)O3. The molecular formula is C65H59BN2O2. The molecular weight excluding hydrogens is 852 g/mol. The van der Waals surface area contributed by atoms with E-state index in [9.17, 15) is 0 Å². The van der Waals surface area contributed by atoms with Crippen molar-refractivity contribution in [2.45, 2.75) is 96.0 Å². The first-order valence-electron chi connectivity index (χ1n) is 25.4. The molecule has 9 aromatic rings.